The zero-order chi connectivity index (χ0) is 37.2. The number of aliphatic hydroxyl groups excluding tert-OH is 5. The van der Waals surface area contributed by atoms with Gasteiger partial charge >= 0.3 is 0 Å². The van der Waals surface area contributed by atoms with Gasteiger partial charge < -0.3 is 80.2 Å². The van der Waals surface area contributed by atoms with Crippen molar-refractivity contribution in [3.63, 3.8) is 0 Å². The summed E-state index contributed by atoms with van der Waals surface area (Å²) in [6, 6.07) is 12.6. The monoisotopic (exact) mass is 724 g/mol. The maximum atomic E-state index is 11.7. The Labute approximate surface area is 294 Å². The van der Waals surface area contributed by atoms with E-state index in [0.717, 1.165) is 12.1 Å². The van der Waals surface area contributed by atoms with Crippen molar-refractivity contribution in [1.82, 2.24) is 0 Å². The van der Waals surface area contributed by atoms with Crippen LogP contribution in [-0.4, -0.2) is 111 Å². The summed E-state index contributed by atoms with van der Waals surface area (Å²) in [5.74, 6) is -4.79. The molecule has 52 heavy (non-hydrogen) atoms. The number of benzene rings is 4. The van der Waals surface area contributed by atoms with E-state index in [4.69, 9.17) is 18.9 Å². The average molecular weight is 725 g/mol. The van der Waals surface area contributed by atoms with Gasteiger partial charge in [-0.05, 0) is 35.4 Å². The molecule has 3 aliphatic heterocycles. The summed E-state index contributed by atoms with van der Waals surface area (Å²) >= 11 is 0. The Morgan fingerprint density at radius 3 is 2.00 bits per heavy atom. The summed E-state index contributed by atoms with van der Waals surface area (Å²) in [5, 5.41) is 128. The number of aliphatic hydroxyl groups is 5. The summed E-state index contributed by atoms with van der Waals surface area (Å²) in [4.78, 5) is 0. The van der Waals surface area contributed by atoms with E-state index in [1.54, 1.807) is 0 Å². The van der Waals surface area contributed by atoms with Gasteiger partial charge in [0, 0.05) is 41.3 Å². The highest BCUT2D eigenvalue weighted by Crippen LogP contribution is 2.58. The van der Waals surface area contributed by atoms with Gasteiger partial charge in [-0.3, -0.25) is 0 Å². The van der Waals surface area contributed by atoms with Gasteiger partial charge in [-0.1, -0.05) is 18.2 Å². The number of hydrogen-bond acceptors (Lipinski definition) is 16. The standard InChI is InChI=1S/C36H36O16/c37-12-25-29(46)30(47)31(48)36(50-25)52-35-28(26-21(43)8-16(39)9-24(26)49-33(35)13-1-4-15(38)5-2-13)27-22(44)11-19(41)17-10-23(45)32(51-34(17)27)14-3-6-18(40)20(42)7-14/h1-9,11,23,25,28-33,35-48H,10,12H2/t23-,25+,28-,29+,30-,31+,32+,33+,35-,36-/m0/s1. The van der Waals surface area contributed by atoms with E-state index in [2.05, 4.69) is 0 Å². The number of hydrogen-bond donors (Lipinski definition) is 12. The van der Waals surface area contributed by atoms with E-state index in [0.29, 0.717) is 5.56 Å². The molecule has 0 aromatic heterocycles. The summed E-state index contributed by atoms with van der Waals surface area (Å²) in [6.07, 6.45) is -14.3. The summed E-state index contributed by atoms with van der Waals surface area (Å²) in [5.41, 5.74) is 0.333. The lowest BCUT2D eigenvalue weighted by atomic mass is 9.77. The summed E-state index contributed by atoms with van der Waals surface area (Å²) in [7, 11) is 0. The van der Waals surface area contributed by atoms with Crippen LogP contribution in [0.5, 0.6) is 51.7 Å². The van der Waals surface area contributed by atoms with Gasteiger partial charge in [0.15, 0.2) is 23.9 Å². The summed E-state index contributed by atoms with van der Waals surface area (Å²) in [6.45, 7) is -0.781. The van der Waals surface area contributed by atoms with Crippen molar-refractivity contribution in [3.05, 3.63) is 88.5 Å². The molecular formula is C36H36O16. The first-order chi connectivity index (χ1) is 24.8. The molecule has 4 aromatic rings. The predicted octanol–water partition coefficient (Wildman–Crippen LogP) is 1.11. The molecule has 0 saturated carbocycles. The molecule has 7 rings (SSSR count). The molecule has 276 valence electrons. The van der Waals surface area contributed by atoms with Gasteiger partial charge in [-0.2, -0.15) is 0 Å². The van der Waals surface area contributed by atoms with Crippen molar-refractivity contribution in [1.29, 1.82) is 0 Å². The van der Waals surface area contributed by atoms with Crippen LogP contribution in [0.3, 0.4) is 0 Å². The Kier molecular flexibility index (Phi) is 9.08. The molecule has 0 spiro atoms. The highest BCUT2D eigenvalue weighted by Gasteiger charge is 2.51. The lowest BCUT2D eigenvalue weighted by Crippen LogP contribution is -2.60. The minimum absolute atomic E-state index is 0.0265. The predicted molar refractivity (Wildman–Crippen MR) is 174 cm³/mol. The Hall–Kier alpha value is -5.20. The molecule has 0 amide bonds. The fourth-order valence-corrected chi connectivity index (χ4v) is 7.12. The van der Waals surface area contributed by atoms with Crippen LogP contribution in [-0.2, 0) is 15.9 Å². The second-order valence-corrected chi connectivity index (χ2v) is 13.0. The van der Waals surface area contributed by atoms with Crippen molar-refractivity contribution in [2.45, 2.75) is 67.5 Å². The van der Waals surface area contributed by atoms with Gasteiger partial charge in [-0.15, -0.1) is 0 Å². The van der Waals surface area contributed by atoms with Crippen molar-refractivity contribution in [2.75, 3.05) is 6.61 Å². The van der Waals surface area contributed by atoms with E-state index in [-0.39, 0.29) is 45.9 Å². The fraction of sp³-hybridized carbons (Fsp3) is 0.333. The van der Waals surface area contributed by atoms with E-state index in [1.165, 1.54) is 48.5 Å². The van der Waals surface area contributed by atoms with Gasteiger partial charge in [-0.25, -0.2) is 0 Å². The van der Waals surface area contributed by atoms with Crippen LogP contribution in [0.4, 0.5) is 0 Å². The third-order valence-corrected chi connectivity index (χ3v) is 9.68. The lowest BCUT2D eigenvalue weighted by Gasteiger charge is -2.46. The molecule has 4 aromatic carbocycles. The molecule has 12 N–H and O–H groups in total. The first-order valence-electron chi connectivity index (χ1n) is 16.2. The van der Waals surface area contributed by atoms with E-state index >= 15 is 0 Å². The highest BCUT2D eigenvalue weighted by molar-refractivity contribution is 5.66. The van der Waals surface area contributed by atoms with Crippen LogP contribution in [0.1, 0.15) is 45.9 Å². The molecule has 0 bridgehead atoms. The minimum Gasteiger partial charge on any atom is -0.508 e. The Morgan fingerprint density at radius 2 is 1.31 bits per heavy atom. The molecule has 3 heterocycles. The van der Waals surface area contributed by atoms with E-state index in [9.17, 15) is 61.3 Å². The zero-order valence-corrected chi connectivity index (χ0v) is 27.0. The second-order valence-electron chi connectivity index (χ2n) is 13.0. The number of phenols is 7. The number of aromatic hydroxyl groups is 7. The number of phenolic OH excluding ortho intramolecular Hbond substituents is 7. The van der Waals surface area contributed by atoms with E-state index in [1.807, 2.05) is 0 Å². The fourth-order valence-electron chi connectivity index (χ4n) is 7.12. The zero-order valence-electron chi connectivity index (χ0n) is 27.0. The second kappa shape index (κ2) is 13.4. The maximum absolute atomic E-state index is 11.7. The average Bonchev–Trinajstić information content (AvgIpc) is 3.10. The maximum Gasteiger partial charge on any atom is 0.187 e. The lowest BCUT2D eigenvalue weighted by molar-refractivity contribution is -0.318. The molecule has 0 aliphatic carbocycles. The number of ether oxygens (including phenoxy) is 4. The number of fused-ring (bicyclic) bond motifs is 2. The van der Waals surface area contributed by atoms with Gasteiger partial charge in [0.25, 0.3) is 0 Å². The van der Waals surface area contributed by atoms with E-state index < -0.39 is 102 Å². The minimum atomic E-state index is -1.91. The Morgan fingerprint density at radius 1 is 0.615 bits per heavy atom. The SMILES string of the molecule is OC[C@H]1O[C@@H](O[C@H]2[C@H](c3c(O)cc(O)c4c3O[C@H](c3ccc(O)c(O)c3)[C@@H](O)C4)c3c(O)cc(O)cc3O[C@@H]2c2ccc(O)cc2)[C@H](O)[C@@H](O)[C@@H]1O. The molecule has 16 heteroatoms. The van der Waals surface area contributed by atoms with Crippen molar-refractivity contribution < 1.29 is 80.2 Å². The Bertz CT molecular complexity index is 1970. The molecule has 0 radical (unpaired) electrons. The summed E-state index contributed by atoms with van der Waals surface area (Å²) < 4.78 is 24.7. The van der Waals surface area contributed by atoms with Crippen LogP contribution < -0.4 is 9.47 Å². The van der Waals surface area contributed by atoms with Crippen LogP contribution in [0, 0.1) is 0 Å². The molecule has 0 unspecified atom stereocenters. The van der Waals surface area contributed by atoms with Crippen LogP contribution >= 0.6 is 0 Å². The normalized spacial score (nSPS) is 29.7. The van der Waals surface area contributed by atoms with Crippen LogP contribution in [0.25, 0.3) is 0 Å². The van der Waals surface area contributed by atoms with Gasteiger partial charge in [0.05, 0.1) is 18.6 Å². The first-order valence-corrected chi connectivity index (χ1v) is 16.2. The molecule has 3 aliphatic rings. The van der Waals surface area contributed by atoms with Gasteiger partial charge in [0.1, 0.15) is 76.9 Å². The molecule has 1 saturated heterocycles. The third kappa shape index (κ3) is 5.99. The van der Waals surface area contributed by atoms with Crippen molar-refractivity contribution >= 4 is 0 Å². The molecule has 1 fully saturated rings. The topological polar surface area (TPSA) is 280 Å². The van der Waals surface area contributed by atoms with Crippen molar-refractivity contribution in [2.24, 2.45) is 0 Å². The van der Waals surface area contributed by atoms with Crippen molar-refractivity contribution in [3.8, 4) is 51.7 Å². The highest BCUT2D eigenvalue weighted by atomic mass is 16.7. The third-order valence-electron chi connectivity index (χ3n) is 9.68. The molecular weight excluding hydrogens is 688 g/mol. The molecule has 16 nitrogen and oxygen atoms in total. The number of rotatable bonds is 6. The Balaban J connectivity index is 1.45. The van der Waals surface area contributed by atoms with Crippen LogP contribution in [0.15, 0.2) is 60.7 Å². The first kappa shape index (κ1) is 35.2. The van der Waals surface area contributed by atoms with Gasteiger partial charge in [0.2, 0.25) is 0 Å². The quantitative estimate of drug-likeness (QED) is 0.124. The smallest absolute Gasteiger partial charge is 0.187 e. The van der Waals surface area contributed by atoms with Crippen LogP contribution in [0.2, 0.25) is 0 Å². The molecule has 10 atom stereocenters. The largest absolute Gasteiger partial charge is 0.508 e.